The SMILES string of the molecule is CC(NCC1CCCC(F)(F)C1)C1CCCCC1. The molecule has 106 valence electrons. The number of nitrogens with one attached hydrogen (secondary N) is 1. The molecule has 2 rings (SSSR count). The molecule has 0 aromatic rings. The minimum absolute atomic E-state index is 0.0946. The van der Waals surface area contributed by atoms with Gasteiger partial charge in [-0.1, -0.05) is 19.3 Å². The molecule has 1 N–H and O–H groups in total. The first-order valence-electron chi connectivity index (χ1n) is 7.68. The molecular weight excluding hydrogens is 232 g/mol. The first-order valence-corrected chi connectivity index (χ1v) is 7.68. The van der Waals surface area contributed by atoms with E-state index in [1.165, 1.54) is 32.1 Å². The van der Waals surface area contributed by atoms with Crippen molar-refractivity contribution >= 4 is 0 Å². The number of hydrogen-bond donors (Lipinski definition) is 1. The van der Waals surface area contributed by atoms with E-state index in [-0.39, 0.29) is 18.8 Å². The van der Waals surface area contributed by atoms with Crippen molar-refractivity contribution in [2.24, 2.45) is 11.8 Å². The van der Waals surface area contributed by atoms with E-state index in [1.807, 2.05) is 0 Å². The van der Waals surface area contributed by atoms with Gasteiger partial charge in [-0.25, -0.2) is 8.78 Å². The molecule has 0 heterocycles. The van der Waals surface area contributed by atoms with Crippen LogP contribution in [-0.2, 0) is 0 Å². The average molecular weight is 259 g/mol. The van der Waals surface area contributed by atoms with Crippen LogP contribution in [0.5, 0.6) is 0 Å². The molecular formula is C15H27F2N. The summed E-state index contributed by atoms with van der Waals surface area (Å²) in [6.07, 6.45) is 8.55. The Balaban J connectivity index is 1.70. The van der Waals surface area contributed by atoms with E-state index < -0.39 is 5.92 Å². The zero-order valence-electron chi connectivity index (χ0n) is 11.6. The molecule has 0 spiro atoms. The first-order chi connectivity index (χ1) is 8.57. The lowest BCUT2D eigenvalue weighted by atomic mass is 9.83. The van der Waals surface area contributed by atoms with Crippen LogP contribution in [0.1, 0.15) is 64.7 Å². The van der Waals surface area contributed by atoms with Gasteiger partial charge in [0.25, 0.3) is 0 Å². The summed E-state index contributed by atoms with van der Waals surface area (Å²) < 4.78 is 26.6. The molecule has 18 heavy (non-hydrogen) atoms. The van der Waals surface area contributed by atoms with Gasteiger partial charge >= 0.3 is 0 Å². The van der Waals surface area contributed by atoms with Crippen molar-refractivity contribution in [2.75, 3.05) is 6.54 Å². The summed E-state index contributed by atoms with van der Waals surface area (Å²) in [6, 6.07) is 0.501. The van der Waals surface area contributed by atoms with Crippen molar-refractivity contribution in [1.29, 1.82) is 0 Å². The normalized spacial score (nSPS) is 31.2. The monoisotopic (exact) mass is 259 g/mol. The highest BCUT2D eigenvalue weighted by Gasteiger charge is 2.36. The summed E-state index contributed by atoms with van der Waals surface area (Å²) in [7, 11) is 0. The topological polar surface area (TPSA) is 12.0 Å². The molecule has 0 aromatic carbocycles. The predicted molar refractivity (Wildman–Crippen MR) is 70.9 cm³/mol. The maximum Gasteiger partial charge on any atom is 0.248 e. The molecule has 2 unspecified atom stereocenters. The molecule has 2 fully saturated rings. The Morgan fingerprint density at radius 3 is 2.50 bits per heavy atom. The van der Waals surface area contributed by atoms with Gasteiger partial charge in [0.15, 0.2) is 0 Å². The van der Waals surface area contributed by atoms with Crippen LogP contribution in [0.3, 0.4) is 0 Å². The van der Waals surface area contributed by atoms with Crippen LogP contribution < -0.4 is 5.32 Å². The van der Waals surface area contributed by atoms with Gasteiger partial charge in [0.2, 0.25) is 5.92 Å². The van der Waals surface area contributed by atoms with Gasteiger partial charge in [-0.15, -0.1) is 0 Å². The maximum absolute atomic E-state index is 13.3. The second kappa shape index (κ2) is 6.31. The Kier molecular flexibility index (Phi) is 4.99. The third-order valence-electron chi connectivity index (χ3n) is 4.83. The highest BCUT2D eigenvalue weighted by molar-refractivity contribution is 4.82. The van der Waals surface area contributed by atoms with E-state index >= 15 is 0 Å². The third-order valence-corrected chi connectivity index (χ3v) is 4.83. The van der Waals surface area contributed by atoms with Crippen LogP contribution in [0.25, 0.3) is 0 Å². The summed E-state index contributed by atoms with van der Waals surface area (Å²) in [6.45, 7) is 3.02. The van der Waals surface area contributed by atoms with Crippen molar-refractivity contribution in [3.63, 3.8) is 0 Å². The molecule has 0 radical (unpaired) electrons. The fourth-order valence-electron chi connectivity index (χ4n) is 3.60. The fourth-order valence-corrected chi connectivity index (χ4v) is 3.60. The number of alkyl halides is 2. The molecule has 0 aromatic heterocycles. The van der Waals surface area contributed by atoms with E-state index in [2.05, 4.69) is 12.2 Å². The van der Waals surface area contributed by atoms with Crippen LogP contribution in [-0.4, -0.2) is 18.5 Å². The predicted octanol–water partition coefficient (Wildman–Crippen LogP) is 4.37. The standard InChI is InChI=1S/C15H27F2N/c1-12(14-7-3-2-4-8-14)18-11-13-6-5-9-15(16,17)10-13/h12-14,18H,2-11H2,1H3. The Bertz CT molecular complexity index is 249. The van der Waals surface area contributed by atoms with Crippen molar-refractivity contribution in [3.05, 3.63) is 0 Å². The Morgan fingerprint density at radius 2 is 1.83 bits per heavy atom. The van der Waals surface area contributed by atoms with Crippen molar-refractivity contribution in [3.8, 4) is 0 Å². The van der Waals surface area contributed by atoms with E-state index in [4.69, 9.17) is 0 Å². The van der Waals surface area contributed by atoms with Gasteiger partial charge in [0, 0.05) is 18.9 Å². The minimum atomic E-state index is -2.40. The lowest BCUT2D eigenvalue weighted by Crippen LogP contribution is -2.40. The lowest BCUT2D eigenvalue weighted by molar-refractivity contribution is -0.0524. The summed E-state index contributed by atoms with van der Waals surface area (Å²) in [5.74, 6) is -1.46. The van der Waals surface area contributed by atoms with Gasteiger partial charge in [0.1, 0.15) is 0 Å². The minimum Gasteiger partial charge on any atom is -0.314 e. The molecule has 3 heteroatoms. The van der Waals surface area contributed by atoms with Gasteiger partial charge in [-0.05, 0) is 51.0 Å². The Hall–Kier alpha value is -0.180. The highest BCUT2D eigenvalue weighted by atomic mass is 19.3. The first kappa shape index (κ1) is 14.2. The fraction of sp³-hybridized carbons (Fsp3) is 1.00. The van der Waals surface area contributed by atoms with E-state index in [1.54, 1.807) is 0 Å². The molecule has 2 aliphatic carbocycles. The number of rotatable bonds is 4. The second-order valence-corrected chi connectivity index (χ2v) is 6.41. The molecule has 0 aliphatic heterocycles. The zero-order valence-corrected chi connectivity index (χ0v) is 11.6. The Labute approximate surface area is 110 Å². The molecule has 0 amide bonds. The van der Waals surface area contributed by atoms with Crippen molar-refractivity contribution in [2.45, 2.75) is 76.7 Å². The molecule has 1 nitrogen and oxygen atoms in total. The van der Waals surface area contributed by atoms with E-state index in [0.717, 1.165) is 18.9 Å². The summed E-state index contributed by atoms with van der Waals surface area (Å²) >= 11 is 0. The van der Waals surface area contributed by atoms with Gasteiger partial charge < -0.3 is 5.32 Å². The molecule has 2 saturated carbocycles. The second-order valence-electron chi connectivity index (χ2n) is 6.41. The largest absolute Gasteiger partial charge is 0.314 e. The average Bonchev–Trinajstić information content (AvgIpc) is 2.36. The Morgan fingerprint density at radius 1 is 1.11 bits per heavy atom. The zero-order chi connectivity index (χ0) is 13.0. The summed E-state index contributed by atoms with van der Waals surface area (Å²) in [5.41, 5.74) is 0. The molecule has 2 atom stereocenters. The smallest absolute Gasteiger partial charge is 0.248 e. The summed E-state index contributed by atoms with van der Waals surface area (Å²) in [5, 5.41) is 3.53. The van der Waals surface area contributed by atoms with Gasteiger partial charge in [-0.3, -0.25) is 0 Å². The highest BCUT2D eigenvalue weighted by Crippen LogP contribution is 2.36. The molecule has 0 saturated heterocycles. The van der Waals surface area contributed by atoms with Crippen LogP contribution >= 0.6 is 0 Å². The summed E-state index contributed by atoms with van der Waals surface area (Å²) in [4.78, 5) is 0. The molecule has 2 aliphatic rings. The van der Waals surface area contributed by atoms with Crippen LogP contribution in [0.4, 0.5) is 8.78 Å². The van der Waals surface area contributed by atoms with Crippen molar-refractivity contribution in [1.82, 2.24) is 5.32 Å². The van der Waals surface area contributed by atoms with Gasteiger partial charge in [-0.2, -0.15) is 0 Å². The van der Waals surface area contributed by atoms with Crippen LogP contribution in [0.2, 0.25) is 0 Å². The van der Waals surface area contributed by atoms with Crippen molar-refractivity contribution < 1.29 is 8.78 Å². The van der Waals surface area contributed by atoms with E-state index in [0.29, 0.717) is 12.5 Å². The maximum atomic E-state index is 13.3. The number of hydrogen-bond acceptors (Lipinski definition) is 1. The van der Waals surface area contributed by atoms with Crippen LogP contribution in [0.15, 0.2) is 0 Å². The van der Waals surface area contributed by atoms with Gasteiger partial charge in [0.05, 0.1) is 0 Å². The van der Waals surface area contributed by atoms with E-state index in [9.17, 15) is 8.78 Å². The quantitative estimate of drug-likeness (QED) is 0.790. The van der Waals surface area contributed by atoms with Crippen LogP contribution in [0, 0.1) is 11.8 Å². The number of halogens is 2. The lowest BCUT2D eigenvalue weighted by Gasteiger charge is -2.32. The molecule has 0 bridgehead atoms. The third kappa shape index (κ3) is 4.18.